The molecule has 3 rings (SSSR count). The third-order valence-corrected chi connectivity index (χ3v) is 3.80. The first-order chi connectivity index (χ1) is 9.61. The number of para-hydroxylation sites is 1. The second kappa shape index (κ2) is 6.01. The van der Waals surface area contributed by atoms with Crippen LogP contribution in [-0.2, 0) is 7.05 Å². The fourth-order valence-corrected chi connectivity index (χ4v) is 2.57. The van der Waals surface area contributed by atoms with Crippen molar-refractivity contribution < 1.29 is 28.5 Å². The van der Waals surface area contributed by atoms with Gasteiger partial charge in [-0.3, -0.25) is 4.57 Å². The lowest BCUT2D eigenvalue weighted by molar-refractivity contribution is -0.666. The highest BCUT2D eigenvalue weighted by Gasteiger charge is 2.15. The first-order valence-electron chi connectivity index (χ1n) is 6.74. The average Bonchev–Trinajstić information content (AvgIpc) is 2.80. The van der Waals surface area contributed by atoms with Crippen LogP contribution in [0.4, 0.5) is 5.82 Å². The third-order valence-electron chi connectivity index (χ3n) is 3.80. The van der Waals surface area contributed by atoms with Crippen molar-refractivity contribution in [3.05, 3.63) is 47.9 Å². The van der Waals surface area contributed by atoms with Gasteiger partial charge in [0.2, 0.25) is 17.5 Å². The Kier molecular flexibility index (Phi) is 4.51. The Hall–Kier alpha value is -1.63. The van der Waals surface area contributed by atoms with Crippen LogP contribution in [0.15, 0.2) is 36.5 Å². The molecule has 5 heteroatoms. The van der Waals surface area contributed by atoms with Crippen LogP contribution in [0.5, 0.6) is 0 Å². The van der Waals surface area contributed by atoms with E-state index in [1.54, 1.807) is 0 Å². The van der Waals surface area contributed by atoms with Crippen LogP contribution in [0.2, 0.25) is 0 Å². The van der Waals surface area contributed by atoms with E-state index in [1.165, 1.54) is 16.5 Å². The van der Waals surface area contributed by atoms with Crippen molar-refractivity contribution in [1.29, 1.82) is 0 Å². The summed E-state index contributed by atoms with van der Waals surface area (Å²) in [5.74, 6) is 2.96. The van der Waals surface area contributed by atoms with Gasteiger partial charge in [-0.2, -0.15) is 0 Å². The summed E-state index contributed by atoms with van der Waals surface area (Å²) in [6.45, 7) is 4.15. The highest BCUT2D eigenvalue weighted by atomic mass is 127. The highest BCUT2D eigenvalue weighted by molar-refractivity contribution is 5.85. The molecule has 1 aromatic carbocycles. The van der Waals surface area contributed by atoms with Crippen LogP contribution in [0, 0.1) is 13.8 Å². The highest BCUT2D eigenvalue weighted by Crippen LogP contribution is 2.23. The number of rotatable bonds is 2. The van der Waals surface area contributed by atoms with E-state index in [4.69, 9.17) is 4.98 Å². The molecule has 0 spiro atoms. The number of fused-ring (bicyclic) bond motifs is 1. The summed E-state index contributed by atoms with van der Waals surface area (Å²) in [5, 5.41) is 4.48. The number of aromatic nitrogens is 3. The number of hydrogen-bond acceptors (Lipinski definition) is 2. The normalized spacial score (nSPS) is 10.5. The minimum Gasteiger partial charge on any atom is -1.00 e. The number of nitrogens with one attached hydrogen (secondary N) is 1. The van der Waals surface area contributed by atoms with Crippen LogP contribution in [-0.4, -0.2) is 16.6 Å². The predicted octanol–water partition coefficient (Wildman–Crippen LogP) is -0.487. The smallest absolute Gasteiger partial charge is 0.237 e. The minimum absolute atomic E-state index is 0. The maximum atomic E-state index is 4.70. The van der Waals surface area contributed by atoms with Crippen LogP contribution in [0.25, 0.3) is 16.7 Å². The number of anilines is 1. The molecule has 0 aliphatic carbocycles. The Bertz CT molecular complexity index is 792. The molecule has 3 aromatic rings. The molecule has 0 saturated carbocycles. The van der Waals surface area contributed by atoms with Crippen LogP contribution >= 0.6 is 0 Å². The zero-order chi connectivity index (χ0) is 14.3. The second-order valence-electron chi connectivity index (χ2n) is 5.06. The Morgan fingerprint density at radius 2 is 1.90 bits per heavy atom. The fraction of sp³-hybridized carbons (Fsp3) is 0.250. The number of halogens is 1. The molecule has 0 amide bonds. The Balaban J connectivity index is 0.00000161. The monoisotopic (exact) mass is 394 g/mol. The fourth-order valence-electron chi connectivity index (χ4n) is 2.57. The molecule has 4 nitrogen and oxygen atoms in total. The minimum atomic E-state index is 0. The number of aryl methyl sites for hydroxylation is 2. The van der Waals surface area contributed by atoms with Crippen molar-refractivity contribution in [2.75, 3.05) is 12.4 Å². The Labute approximate surface area is 141 Å². The Morgan fingerprint density at radius 3 is 2.62 bits per heavy atom. The van der Waals surface area contributed by atoms with E-state index in [0.29, 0.717) is 0 Å². The van der Waals surface area contributed by atoms with Crippen LogP contribution in [0.1, 0.15) is 11.4 Å². The molecule has 1 N–H and O–H groups in total. The molecule has 21 heavy (non-hydrogen) atoms. The Morgan fingerprint density at radius 1 is 1.19 bits per heavy atom. The van der Waals surface area contributed by atoms with E-state index < -0.39 is 0 Å². The zero-order valence-electron chi connectivity index (χ0n) is 12.7. The molecule has 0 fully saturated rings. The first kappa shape index (κ1) is 15.8. The van der Waals surface area contributed by atoms with E-state index in [1.807, 2.05) is 25.6 Å². The SMILES string of the molecule is CNc1cc(-n2cc(C)c3ccccc32)nc(C)[n+]1C.[I-]. The topological polar surface area (TPSA) is 33.7 Å². The molecule has 0 radical (unpaired) electrons. The van der Waals surface area contributed by atoms with Crippen molar-refractivity contribution in [1.82, 2.24) is 9.55 Å². The van der Waals surface area contributed by atoms with Gasteiger partial charge in [0.15, 0.2) is 0 Å². The van der Waals surface area contributed by atoms with Gasteiger partial charge in [-0.15, -0.1) is 0 Å². The molecule has 0 unspecified atom stereocenters. The molecule has 0 bridgehead atoms. The maximum Gasteiger partial charge on any atom is 0.237 e. The number of nitrogens with zero attached hydrogens (tertiary/aromatic N) is 3. The molecule has 2 aromatic heterocycles. The molecule has 2 heterocycles. The zero-order valence-corrected chi connectivity index (χ0v) is 14.8. The van der Waals surface area contributed by atoms with E-state index in [2.05, 4.69) is 53.3 Å². The lowest BCUT2D eigenvalue weighted by Gasteiger charge is -2.07. The van der Waals surface area contributed by atoms with Gasteiger partial charge in [0, 0.05) is 25.6 Å². The maximum absolute atomic E-state index is 4.70. The lowest BCUT2D eigenvalue weighted by atomic mass is 10.2. The van der Waals surface area contributed by atoms with Crippen molar-refractivity contribution in [2.24, 2.45) is 7.05 Å². The van der Waals surface area contributed by atoms with Crippen molar-refractivity contribution in [3.63, 3.8) is 0 Å². The third kappa shape index (κ3) is 2.62. The molecule has 0 aliphatic rings. The van der Waals surface area contributed by atoms with Crippen molar-refractivity contribution in [2.45, 2.75) is 13.8 Å². The van der Waals surface area contributed by atoms with Gasteiger partial charge in [-0.1, -0.05) is 23.2 Å². The molecule has 0 saturated heterocycles. The molecule has 0 aliphatic heterocycles. The van der Waals surface area contributed by atoms with Gasteiger partial charge in [-0.05, 0) is 18.6 Å². The summed E-state index contributed by atoms with van der Waals surface area (Å²) >= 11 is 0. The lowest BCUT2D eigenvalue weighted by Crippen LogP contribution is -3.00. The summed E-state index contributed by atoms with van der Waals surface area (Å²) in [6, 6.07) is 10.5. The van der Waals surface area contributed by atoms with Gasteiger partial charge in [0.1, 0.15) is 0 Å². The number of benzene rings is 1. The molecular weight excluding hydrogens is 375 g/mol. The van der Waals surface area contributed by atoms with Gasteiger partial charge < -0.3 is 29.3 Å². The summed E-state index contributed by atoms with van der Waals surface area (Å²) in [5.41, 5.74) is 2.45. The van der Waals surface area contributed by atoms with Crippen LogP contribution < -0.4 is 33.9 Å². The summed E-state index contributed by atoms with van der Waals surface area (Å²) in [4.78, 5) is 4.70. The number of hydrogen-bond donors (Lipinski definition) is 1. The van der Waals surface area contributed by atoms with E-state index >= 15 is 0 Å². The van der Waals surface area contributed by atoms with Crippen LogP contribution in [0.3, 0.4) is 0 Å². The quantitative estimate of drug-likeness (QED) is 0.471. The molecule has 0 atom stereocenters. The standard InChI is InChI=1S/C16H18N4.HI/c1-11-10-20(14-8-6-5-7-13(11)14)16-9-15(17-3)19(4)12(2)18-16;/h5-10H,1-4H3;1H. The summed E-state index contributed by atoms with van der Waals surface area (Å²) < 4.78 is 4.19. The second-order valence-corrected chi connectivity index (χ2v) is 5.06. The molecule has 110 valence electrons. The summed E-state index contributed by atoms with van der Waals surface area (Å²) in [6.07, 6.45) is 2.14. The van der Waals surface area contributed by atoms with Crippen molar-refractivity contribution >= 4 is 16.7 Å². The van der Waals surface area contributed by atoms with E-state index in [-0.39, 0.29) is 24.0 Å². The van der Waals surface area contributed by atoms with Crippen molar-refractivity contribution in [3.8, 4) is 5.82 Å². The van der Waals surface area contributed by atoms with E-state index in [9.17, 15) is 0 Å². The first-order valence-corrected chi connectivity index (χ1v) is 6.74. The summed E-state index contributed by atoms with van der Waals surface area (Å²) in [7, 11) is 3.94. The van der Waals surface area contributed by atoms with Gasteiger partial charge >= 0.3 is 0 Å². The molecular formula is C16H19IN4. The van der Waals surface area contributed by atoms with E-state index in [0.717, 1.165) is 17.5 Å². The predicted molar refractivity (Wildman–Crippen MR) is 81.3 cm³/mol. The average molecular weight is 394 g/mol. The van der Waals surface area contributed by atoms with Gasteiger partial charge in [-0.25, -0.2) is 4.57 Å². The van der Waals surface area contributed by atoms with Gasteiger partial charge in [0.25, 0.3) is 0 Å². The largest absolute Gasteiger partial charge is 1.00 e. The van der Waals surface area contributed by atoms with Gasteiger partial charge in [0.05, 0.1) is 18.6 Å².